The van der Waals surface area contributed by atoms with Crippen LogP contribution in [0.1, 0.15) is 40.4 Å². The zero-order valence-corrected chi connectivity index (χ0v) is 15.1. The van der Waals surface area contributed by atoms with Crippen LogP contribution in [-0.2, 0) is 4.79 Å². The Hall–Kier alpha value is -2.18. The van der Waals surface area contributed by atoms with Crippen LogP contribution >= 0.6 is 11.3 Å². The minimum atomic E-state index is -0.627. The van der Waals surface area contributed by atoms with Crippen molar-refractivity contribution in [2.75, 3.05) is 13.1 Å². The molecule has 2 aromatic rings. The highest BCUT2D eigenvalue weighted by atomic mass is 32.1. The number of likely N-dealkylation sites (tertiary alicyclic amines) is 1. The van der Waals surface area contributed by atoms with Crippen molar-refractivity contribution >= 4 is 23.2 Å². The molecule has 25 heavy (non-hydrogen) atoms. The highest BCUT2D eigenvalue weighted by Gasteiger charge is 2.27. The second-order valence-electron chi connectivity index (χ2n) is 6.47. The Morgan fingerprint density at radius 1 is 1.20 bits per heavy atom. The van der Waals surface area contributed by atoms with Gasteiger partial charge in [-0.25, -0.2) is 0 Å². The van der Waals surface area contributed by atoms with E-state index >= 15 is 0 Å². The summed E-state index contributed by atoms with van der Waals surface area (Å²) in [7, 11) is 0. The molecule has 0 spiro atoms. The van der Waals surface area contributed by atoms with Crippen molar-refractivity contribution < 1.29 is 9.59 Å². The summed E-state index contributed by atoms with van der Waals surface area (Å²) in [5.74, 6) is -0.0890. The van der Waals surface area contributed by atoms with Gasteiger partial charge in [0.15, 0.2) is 0 Å². The van der Waals surface area contributed by atoms with Crippen molar-refractivity contribution in [3.8, 4) is 0 Å². The Morgan fingerprint density at radius 2 is 1.88 bits per heavy atom. The van der Waals surface area contributed by atoms with Crippen LogP contribution in [-0.4, -0.2) is 35.8 Å². The van der Waals surface area contributed by atoms with Crippen molar-refractivity contribution in [3.05, 3.63) is 57.8 Å². The Balaban J connectivity index is 1.52. The van der Waals surface area contributed by atoms with E-state index in [2.05, 4.69) is 5.32 Å². The number of rotatable bonds is 4. The van der Waals surface area contributed by atoms with Crippen molar-refractivity contribution in [1.29, 1.82) is 0 Å². The number of benzene rings is 1. The second-order valence-corrected chi connectivity index (χ2v) is 7.25. The molecule has 1 aliphatic heterocycles. The molecule has 2 heterocycles. The molecule has 1 fully saturated rings. The molecule has 132 valence electrons. The summed E-state index contributed by atoms with van der Waals surface area (Å²) >= 11 is 1.51. The number of amides is 2. The summed E-state index contributed by atoms with van der Waals surface area (Å²) in [6.07, 6.45) is 1.50. The zero-order chi connectivity index (χ0) is 17.8. The molecule has 0 radical (unpaired) electrons. The summed E-state index contributed by atoms with van der Waals surface area (Å²) in [5.41, 5.74) is 8.82. The van der Waals surface area contributed by atoms with Crippen molar-refractivity contribution in [3.63, 3.8) is 0 Å². The molecule has 0 aliphatic carbocycles. The number of piperidine rings is 1. The summed E-state index contributed by atoms with van der Waals surface area (Å²) in [5, 5.41) is 6.78. The summed E-state index contributed by atoms with van der Waals surface area (Å²) in [6, 6.07) is 9.05. The fourth-order valence-electron chi connectivity index (χ4n) is 3.02. The van der Waals surface area contributed by atoms with E-state index in [1.54, 1.807) is 4.90 Å². The standard InChI is InChI=1S/C19H23N3O2S/c1-13-2-4-14(5-3-13)17(20)19(24)22-9-6-16(7-10-22)21-18(23)15-8-11-25-12-15/h2-5,8,11-12,16-17H,6-7,9-10,20H2,1H3,(H,21,23). The molecule has 5 nitrogen and oxygen atoms in total. The van der Waals surface area contributed by atoms with Crippen LogP contribution in [0.2, 0.25) is 0 Å². The van der Waals surface area contributed by atoms with Gasteiger partial charge in [-0.2, -0.15) is 11.3 Å². The fourth-order valence-corrected chi connectivity index (χ4v) is 3.66. The Labute approximate surface area is 151 Å². The summed E-state index contributed by atoms with van der Waals surface area (Å²) < 4.78 is 0. The highest BCUT2D eigenvalue weighted by molar-refractivity contribution is 7.08. The van der Waals surface area contributed by atoms with Gasteiger partial charge in [0.2, 0.25) is 5.91 Å². The van der Waals surface area contributed by atoms with Gasteiger partial charge in [0.1, 0.15) is 6.04 Å². The third-order valence-corrected chi connectivity index (χ3v) is 5.31. The van der Waals surface area contributed by atoms with Gasteiger partial charge in [-0.05, 0) is 36.8 Å². The maximum absolute atomic E-state index is 12.6. The number of thiophene rings is 1. The molecule has 1 aromatic carbocycles. The first-order valence-electron chi connectivity index (χ1n) is 8.48. The first kappa shape index (κ1) is 17.6. The molecule has 1 aliphatic rings. The van der Waals surface area contributed by atoms with Gasteiger partial charge in [-0.3, -0.25) is 9.59 Å². The van der Waals surface area contributed by atoms with E-state index in [9.17, 15) is 9.59 Å². The molecule has 3 rings (SSSR count). The normalized spacial score (nSPS) is 16.5. The number of hydrogen-bond donors (Lipinski definition) is 2. The van der Waals surface area contributed by atoms with E-state index in [-0.39, 0.29) is 17.9 Å². The number of nitrogens with zero attached hydrogens (tertiary/aromatic N) is 1. The van der Waals surface area contributed by atoms with E-state index in [0.717, 1.165) is 24.0 Å². The van der Waals surface area contributed by atoms with Crippen molar-refractivity contribution in [2.45, 2.75) is 31.8 Å². The average Bonchev–Trinajstić information content (AvgIpc) is 3.17. The van der Waals surface area contributed by atoms with Crippen LogP contribution in [0, 0.1) is 6.92 Å². The van der Waals surface area contributed by atoms with E-state index in [1.165, 1.54) is 11.3 Å². The maximum Gasteiger partial charge on any atom is 0.252 e. The summed E-state index contributed by atoms with van der Waals surface area (Å²) in [6.45, 7) is 3.24. The Morgan fingerprint density at radius 3 is 2.48 bits per heavy atom. The second kappa shape index (κ2) is 7.80. The van der Waals surface area contributed by atoms with Gasteiger partial charge in [-0.1, -0.05) is 29.8 Å². The Bertz CT molecular complexity index is 720. The van der Waals surface area contributed by atoms with Gasteiger partial charge in [0.05, 0.1) is 0 Å². The molecule has 1 aromatic heterocycles. The fraction of sp³-hybridized carbons (Fsp3) is 0.368. The topological polar surface area (TPSA) is 75.4 Å². The molecule has 2 amide bonds. The van der Waals surface area contributed by atoms with Gasteiger partial charge in [-0.15, -0.1) is 0 Å². The SMILES string of the molecule is Cc1ccc(C(N)C(=O)N2CCC(NC(=O)c3ccsc3)CC2)cc1. The molecule has 0 bridgehead atoms. The van der Waals surface area contributed by atoms with Gasteiger partial charge < -0.3 is 16.0 Å². The summed E-state index contributed by atoms with van der Waals surface area (Å²) in [4.78, 5) is 26.5. The lowest BCUT2D eigenvalue weighted by Crippen LogP contribution is -2.48. The number of hydrogen-bond acceptors (Lipinski definition) is 4. The van der Waals surface area contributed by atoms with Crippen LogP contribution in [0.25, 0.3) is 0 Å². The van der Waals surface area contributed by atoms with E-state index in [0.29, 0.717) is 18.7 Å². The van der Waals surface area contributed by atoms with Gasteiger partial charge >= 0.3 is 0 Å². The molecule has 0 saturated carbocycles. The van der Waals surface area contributed by atoms with Crippen LogP contribution in [0.3, 0.4) is 0 Å². The first-order valence-corrected chi connectivity index (χ1v) is 9.43. The first-order chi connectivity index (χ1) is 12.0. The van der Waals surface area contributed by atoms with E-state index in [1.807, 2.05) is 48.0 Å². The number of nitrogens with one attached hydrogen (secondary N) is 1. The number of carbonyl (C=O) groups excluding carboxylic acids is 2. The third kappa shape index (κ3) is 4.27. The lowest BCUT2D eigenvalue weighted by molar-refractivity contribution is -0.133. The van der Waals surface area contributed by atoms with E-state index < -0.39 is 6.04 Å². The molecule has 6 heteroatoms. The quantitative estimate of drug-likeness (QED) is 0.883. The van der Waals surface area contributed by atoms with Crippen LogP contribution < -0.4 is 11.1 Å². The minimum absolute atomic E-state index is 0.0395. The Kier molecular flexibility index (Phi) is 5.50. The number of aryl methyl sites for hydroxylation is 1. The number of carbonyl (C=O) groups is 2. The predicted octanol–water partition coefficient (Wildman–Crippen LogP) is 2.48. The van der Waals surface area contributed by atoms with Crippen LogP contribution in [0.15, 0.2) is 41.1 Å². The van der Waals surface area contributed by atoms with E-state index in [4.69, 9.17) is 5.73 Å². The lowest BCUT2D eigenvalue weighted by Gasteiger charge is -2.33. The largest absolute Gasteiger partial charge is 0.349 e. The predicted molar refractivity (Wildman–Crippen MR) is 99.5 cm³/mol. The molecular formula is C19H23N3O2S. The van der Waals surface area contributed by atoms with Crippen LogP contribution in [0.5, 0.6) is 0 Å². The smallest absolute Gasteiger partial charge is 0.252 e. The van der Waals surface area contributed by atoms with Crippen molar-refractivity contribution in [1.82, 2.24) is 10.2 Å². The van der Waals surface area contributed by atoms with Gasteiger partial charge in [0, 0.05) is 30.1 Å². The van der Waals surface area contributed by atoms with Crippen LogP contribution in [0.4, 0.5) is 0 Å². The van der Waals surface area contributed by atoms with Gasteiger partial charge in [0.25, 0.3) is 5.91 Å². The zero-order valence-electron chi connectivity index (χ0n) is 14.3. The monoisotopic (exact) mass is 357 g/mol. The molecule has 1 saturated heterocycles. The third-order valence-electron chi connectivity index (χ3n) is 4.63. The molecule has 1 unspecified atom stereocenters. The average molecular weight is 357 g/mol. The molecular weight excluding hydrogens is 334 g/mol. The lowest BCUT2D eigenvalue weighted by atomic mass is 10.0. The maximum atomic E-state index is 12.6. The van der Waals surface area contributed by atoms with Crippen molar-refractivity contribution in [2.24, 2.45) is 5.73 Å². The molecule has 3 N–H and O–H groups in total. The minimum Gasteiger partial charge on any atom is -0.349 e. The highest BCUT2D eigenvalue weighted by Crippen LogP contribution is 2.18. The number of nitrogens with two attached hydrogens (primary N) is 1. The molecule has 1 atom stereocenters.